The first kappa shape index (κ1) is 30.6. The summed E-state index contributed by atoms with van der Waals surface area (Å²) in [6.45, 7) is 3.92. The zero-order chi connectivity index (χ0) is 34.8. The number of nitrogens with zero attached hydrogens (tertiary/aromatic N) is 5. The first-order chi connectivity index (χ1) is 25.6. The first-order valence-corrected chi connectivity index (χ1v) is 18.2. The van der Waals surface area contributed by atoms with Crippen LogP contribution < -0.4 is 0 Å². The van der Waals surface area contributed by atoms with Crippen LogP contribution in [0, 0.1) is 13.8 Å². The van der Waals surface area contributed by atoms with Crippen molar-refractivity contribution in [2.45, 2.75) is 29.1 Å². The largest absolute Gasteiger partial charge is 0.239 e. The van der Waals surface area contributed by atoms with E-state index in [1.165, 1.54) is 43.2 Å². The van der Waals surface area contributed by atoms with Gasteiger partial charge in [-0.1, -0.05) is 139 Å². The first-order valence-electron chi connectivity index (χ1n) is 17.4. The van der Waals surface area contributed by atoms with E-state index in [-0.39, 0.29) is 0 Å². The van der Waals surface area contributed by atoms with Gasteiger partial charge in [-0.15, -0.1) is 0 Å². The van der Waals surface area contributed by atoms with Crippen molar-refractivity contribution in [2.75, 3.05) is 0 Å². The smallest absolute Gasteiger partial charge is 0.164 e. The second-order valence-electron chi connectivity index (χ2n) is 13.3. The Morgan fingerprint density at radius 2 is 0.923 bits per heavy atom. The molecule has 6 heteroatoms. The van der Waals surface area contributed by atoms with E-state index >= 15 is 0 Å². The van der Waals surface area contributed by atoms with Crippen LogP contribution in [0.4, 0.5) is 0 Å². The van der Waals surface area contributed by atoms with Crippen molar-refractivity contribution >= 4 is 11.8 Å². The third-order valence-corrected chi connectivity index (χ3v) is 11.3. The molecule has 8 aromatic rings. The van der Waals surface area contributed by atoms with Gasteiger partial charge in [-0.25, -0.2) is 24.9 Å². The highest BCUT2D eigenvalue weighted by Crippen LogP contribution is 2.62. The summed E-state index contributed by atoms with van der Waals surface area (Å²) in [6, 6.07) is 53.8. The molecule has 6 aromatic carbocycles. The maximum absolute atomic E-state index is 5.17. The summed E-state index contributed by atoms with van der Waals surface area (Å²) in [5, 5.41) is 0. The summed E-state index contributed by atoms with van der Waals surface area (Å²) in [6.07, 6.45) is 0. The minimum absolute atomic E-state index is 0.480. The van der Waals surface area contributed by atoms with Crippen molar-refractivity contribution in [3.8, 4) is 56.5 Å². The van der Waals surface area contributed by atoms with Gasteiger partial charge in [-0.3, -0.25) is 0 Å². The molecule has 246 valence electrons. The molecule has 0 saturated heterocycles. The molecule has 0 saturated carbocycles. The third-order valence-electron chi connectivity index (χ3n) is 10.2. The van der Waals surface area contributed by atoms with Gasteiger partial charge in [0, 0.05) is 37.7 Å². The number of aryl methyl sites for hydroxylation is 2. The summed E-state index contributed by atoms with van der Waals surface area (Å²) in [5.41, 5.74) is 12.9. The number of rotatable bonds is 4. The van der Waals surface area contributed by atoms with E-state index in [1.54, 1.807) is 0 Å². The van der Waals surface area contributed by atoms with Crippen molar-refractivity contribution in [3.63, 3.8) is 0 Å². The zero-order valence-electron chi connectivity index (χ0n) is 28.6. The fraction of sp³-hybridized carbons (Fsp3) is 0.0652. The highest BCUT2D eigenvalue weighted by molar-refractivity contribution is 7.99. The van der Waals surface area contributed by atoms with E-state index < -0.39 is 5.41 Å². The predicted octanol–water partition coefficient (Wildman–Crippen LogP) is 10.8. The molecule has 0 amide bonds. The molecule has 0 atom stereocenters. The van der Waals surface area contributed by atoms with Gasteiger partial charge in [0.1, 0.15) is 5.82 Å². The molecule has 0 N–H and O–H groups in total. The summed E-state index contributed by atoms with van der Waals surface area (Å²) in [5.74, 6) is 2.65. The monoisotopic (exact) mass is 685 g/mol. The molecule has 2 aliphatic rings. The highest BCUT2D eigenvalue weighted by Gasteiger charge is 2.50. The average molecular weight is 686 g/mol. The molecule has 1 spiro atoms. The lowest BCUT2D eigenvalue weighted by Gasteiger charge is -2.39. The van der Waals surface area contributed by atoms with Gasteiger partial charge >= 0.3 is 0 Å². The lowest BCUT2D eigenvalue weighted by molar-refractivity contribution is 0.722. The molecule has 0 bridgehead atoms. The summed E-state index contributed by atoms with van der Waals surface area (Å²) in [7, 11) is 0. The molecule has 0 fully saturated rings. The van der Waals surface area contributed by atoms with Crippen molar-refractivity contribution in [3.05, 3.63) is 185 Å². The maximum Gasteiger partial charge on any atom is 0.164 e. The van der Waals surface area contributed by atoms with Gasteiger partial charge in [0.25, 0.3) is 0 Å². The average Bonchev–Trinajstić information content (AvgIpc) is 3.48. The Balaban J connectivity index is 1.17. The number of hydrogen-bond donors (Lipinski definition) is 0. The van der Waals surface area contributed by atoms with E-state index in [4.69, 9.17) is 15.0 Å². The van der Waals surface area contributed by atoms with Crippen LogP contribution in [-0.4, -0.2) is 24.9 Å². The fourth-order valence-electron chi connectivity index (χ4n) is 8.00. The number of benzene rings is 6. The molecule has 3 heterocycles. The highest BCUT2D eigenvalue weighted by atomic mass is 32.2. The van der Waals surface area contributed by atoms with Crippen LogP contribution >= 0.6 is 11.8 Å². The number of aromatic nitrogens is 5. The van der Waals surface area contributed by atoms with E-state index in [2.05, 4.69) is 125 Å². The lowest BCUT2D eigenvalue weighted by atomic mass is 9.67. The lowest BCUT2D eigenvalue weighted by Crippen LogP contribution is -2.32. The predicted molar refractivity (Wildman–Crippen MR) is 208 cm³/mol. The van der Waals surface area contributed by atoms with Crippen molar-refractivity contribution in [1.82, 2.24) is 24.9 Å². The molecular weight excluding hydrogens is 655 g/mol. The minimum atomic E-state index is -0.480. The fourth-order valence-corrected chi connectivity index (χ4v) is 9.17. The maximum atomic E-state index is 5.17. The van der Waals surface area contributed by atoms with Crippen molar-refractivity contribution in [2.24, 2.45) is 0 Å². The summed E-state index contributed by atoms with van der Waals surface area (Å²) in [4.78, 5) is 27.0. The quantitative estimate of drug-likeness (QED) is 0.184. The Hall–Kier alpha value is -6.24. The van der Waals surface area contributed by atoms with Crippen LogP contribution in [-0.2, 0) is 5.41 Å². The van der Waals surface area contributed by atoms with Crippen LogP contribution in [0.1, 0.15) is 33.8 Å². The van der Waals surface area contributed by atoms with E-state index in [0.717, 1.165) is 39.5 Å². The topological polar surface area (TPSA) is 64.5 Å². The van der Waals surface area contributed by atoms with Crippen LogP contribution in [0.3, 0.4) is 0 Å². The summed E-state index contributed by atoms with van der Waals surface area (Å²) >= 11 is 1.84. The zero-order valence-corrected chi connectivity index (χ0v) is 29.4. The Kier molecular flexibility index (Phi) is 7.01. The van der Waals surface area contributed by atoms with Crippen LogP contribution in [0.2, 0.25) is 0 Å². The Morgan fingerprint density at radius 1 is 0.404 bits per heavy atom. The van der Waals surface area contributed by atoms with Gasteiger partial charge in [-0.2, -0.15) is 0 Å². The Labute approximate surface area is 306 Å². The van der Waals surface area contributed by atoms with E-state index in [9.17, 15) is 0 Å². The standard InChI is InChI=1S/C46H31N5S/c1-28-26-40(48-29(2)47-28)30-20-22-32(23-21-30)44-49-43(31-12-4-3-5-13-31)50-45(51-44)33-24-25-42-39(27-33)46(38-18-10-11-19-41(38)52-42)36-16-8-6-14-34(36)35-15-7-9-17-37(35)46/h3-27H,1-2H3. The molecule has 1 aliphatic heterocycles. The second kappa shape index (κ2) is 11.9. The minimum Gasteiger partial charge on any atom is -0.239 e. The van der Waals surface area contributed by atoms with Crippen LogP contribution in [0.5, 0.6) is 0 Å². The molecule has 2 aromatic heterocycles. The molecular formula is C46H31N5S. The number of fused-ring (bicyclic) bond motifs is 9. The Morgan fingerprint density at radius 3 is 1.60 bits per heavy atom. The van der Waals surface area contributed by atoms with Gasteiger partial charge in [0.2, 0.25) is 0 Å². The van der Waals surface area contributed by atoms with Crippen LogP contribution in [0.15, 0.2) is 161 Å². The van der Waals surface area contributed by atoms with E-state index in [1.807, 2.05) is 62.0 Å². The van der Waals surface area contributed by atoms with Crippen LogP contribution in [0.25, 0.3) is 56.5 Å². The third kappa shape index (κ3) is 4.75. The molecule has 52 heavy (non-hydrogen) atoms. The van der Waals surface area contributed by atoms with Crippen molar-refractivity contribution < 1.29 is 0 Å². The number of hydrogen-bond acceptors (Lipinski definition) is 6. The van der Waals surface area contributed by atoms with Crippen molar-refractivity contribution in [1.29, 1.82) is 0 Å². The van der Waals surface area contributed by atoms with Gasteiger partial charge in [-0.05, 0) is 71.5 Å². The summed E-state index contributed by atoms with van der Waals surface area (Å²) < 4.78 is 0. The van der Waals surface area contributed by atoms with Gasteiger partial charge in [0.15, 0.2) is 17.5 Å². The van der Waals surface area contributed by atoms with Gasteiger partial charge < -0.3 is 0 Å². The molecule has 0 unspecified atom stereocenters. The molecule has 5 nitrogen and oxygen atoms in total. The van der Waals surface area contributed by atoms with E-state index in [0.29, 0.717) is 17.5 Å². The second-order valence-corrected chi connectivity index (χ2v) is 14.4. The molecule has 10 rings (SSSR count). The Bertz CT molecular complexity index is 2620. The SMILES string of the molecule is Cc1cc(-c2ccc(-c3nc(-c4ccccc4)nc(-c4ccc5c(c4)C4(c6ccccc6S5)c5ccccc5-c5ccccc54)n3)cc2)nc(C)n1. The molecule has 0 radical (unpaired) electrons. The molecule has 1 aliphatic carbocycles. The normalized spacial score (nSPS) is 13.3. The van der Waals surface area contributed by atoms with Gasteiger partial charge in [0.05, 0.1) is 11.1 Å².